The van der Waals surface area contributed by atoms with Crippen LogP contribution >= 0.6 is 0 Å². The molecule has 2 nitrogen and oxygen atoms in total. The Bertz CT molecular complexity index is 372. The van der Waals surface area contributed by atoms with Crippen LogP contribution in [0.5, 0.6) is 0 Å². The first-order valence-electron chi connectivity index (χ1n) is 7.28. The third kappa shape index (κ3) is 2.45. The standard InChI is InChI=1S/C16H23NO/c18-11-13-7-4-8-16(13)17-15-9-14(10-15)12-5-2-1-3-6-12/h1-3,5-6,13-18H,4,7-11H2. The van der Waals surface area contributed by atoms with Crippen LogP contribution in [0.3, 0.4) is 0 Å². The molecule has 0 saturated heterocycles. The van der Waals surface area contributed by atoms with Gasteiger partial charge in [0, 0.05) is 18.7 Å². The predicted molar refractivity (Wildman–Crippen MR) is 73.6 cm³/mol. The van der Waals surface area contributed by atoms with E-state index in [2.05, 4.69) is 35.6 Å². The van der Waals surface area contributed by atoms with Crippen LogP contribution in [-0.4, -0.2) is 23.8 Å². The van der Waals surface area contributed by atoms with E-state index in [1.165, 1.54) is 37.7 Å². The van der Waals surface area contributed by atoms with E-state index in [0.29, 0.717) is 24.6 Å². The van der Waals surface area contributed by atoms with E-state index < -0.39 is 0 Å². The average Bonchev–Trinajstić information content (AvgIpc) is 2.81. The van der Waals surface area contributed by atoms with Crippen molar-refractivity contribution in [1.82, 2.24) is 5.32 Å². The first-order chi connectivity index (χ1) is 8.86. The zero-order chi connectivity index (χ0) is 12.4. The molecule has 0 heterocycles. The second-order valence-electron chi connectivity index (χ2n) is 5.92. The van der Waals surface area contributed by atoms with Crippen molar-refractivity contribution in [3.8, 4) is 0 Å². The van der Waals surface area contributed by atoms with Crippen LogP contribution in [0.15, 0.2) is 30.3 Å². The third-order valence-electron chi connectivity index (χ3n) is 4.75. The maximum absolute atomic E-state index is 9.33. The molecule has 2 unspecified atom stereocenters. The van der Waals surface area contributed by atoms with Gasteiger partial charge in [0.25, 0.3) is 0 Å². The molecule has 98 valence electrons. The van der Waals surface area contributed by atoms with Crippen LogP contribution in [0.2, 0.25) is 0 Å². The monoisotopic (exact) mass is 245 g/mol. The van der Waals surface area contributed by atoms with Gasteiger partial charge in [0.1, 0.15) is 0 Å². The maximum Gasteiger partial charge on any atom is 0.0474 e. The minimum absolute atomic E-state index is 0.354. The van der Waals surface area contributed by atoms with Crippen LogP contribution < -0.4 is 5.32 Å². The van der Waals surface area contributed by atoms with Gasteiger partial charge in [-0.2, -0.15) is 0 Å². The number of nitrogens with one attached hydrogen (secondary N) is 1. The van der Waals surface area contributed by atoms with Crippen LogP contribution in [0.25, 0.3) is 0 Å². The minimum atomic E-state index is 0.354. The Morgan fingerprint density at radius 1 is 1.11 bits per heavy atom. The Kier molecular flexibility index (Phi) is 3.67. The molecular formula is C16H23NO. The molecule has 2 saturated carbocycles. The van der Waals surface area contributed by atoms with Crippen molar-refractivity contribution in [1.29, 1.82) is 0 Å². The van der Waals surface area contributed by atoms with Crippen molar-refractivity contribution in [2.24, 2.45) is 5.92 Å². The molecule has 2 N–H and O–H groups in total. The van der Waals surface area contributed by atoms with Crippen molar-refractivity contribution in [3.63, 3.8) is 0 Å². The molecule has 1 aromatic carbocycles. The predicted octanol–water partition coefficient (Wildman–Crippen LogP) is 2.68. The van der Waals surface area contributed by atoms with E-state index in [0.717, 1.165) is 5.92 Å². The summed E-state index contributed by atoms with van der Waals surface area (Å²) in [4.78, 5) is 0. The summed E-state index contributed by atoms with van der Waals surface area (Å²) >= 11 is 0. The Labute approximate surface area is 109 Å². The topological polar surface area (TPSA) is 32.3 Å². The SMILES string of the molecule is OCC1CCCC1NC1CC(c2ccccc2)C1. The lowest BCUT2D eigenvalue weighted by Gasteiger charge is -2.39. The fourth-order valence-electron chi connectivity index (χ4n) is 3.53. The molecular weight excluding hydrogens is 222 g/mol. The van der Waals surface area contributed by atoms with Crippen molar-refractivity contribution in [3.05, 3.63) is 35.9 Å². The highest BCUT2D eigenvalue weighted by Crippen LogP contribution is 2.38. The van der Waals surface area contributed by atoms with Crippen LogP contribution in [0, 0.1) is 5.92 Å². The molecule has 2 fully saturated rings. The lowest BCUT2D eigenvalue weighted by Crippen LogP contribution is -2.47. The molecule has 0 aliphatic heterocycles. The minimum Gasteiger partial charge on any atom is -0.396 e. The lowest BCUT2D eigenvalue weighted by molar-refractivity contribution is 0.179. The summed E-state index contributed by atoms with van der Waals surface area (Å²) in [5, 5.41) is 13.1. The van der Waals surface area contributed by atoms with Crippen LogP contribution in [0.4, 0.5) is 0 Å². The van der Waals surface area contributed by atoms with E-state index >= 15 is 0 Å². The van der Waals surface area contributed by atoms with E-state index in [9.17, 15) is 5.11 Å². The quantitative estimate of drug-likeness (QED) is 0.855. The first-order valence-corrected chi connectivity index (χ1v) is 7.28. The van der Waals surface area contributed by atoms with Gasteiger partial charge in [-0.3, -0.25) is 0 Å². The molecule has 2 atom stereocenters. The Morgan fingerprint density at radius 2 is 1.89 bits per heavy atom. The van der Waals surface area contributed by atoms with Crippen molar-refractivity contribution >= 4 is 0 Å². The van der Waals surface area contributed by atoms with E-state index in [-0.39, 0.29) is 0 Å². The molecule has 0 spiro atoms. The summed E-state index contributed by atoms with van der Waals surface area (Å²) in [7, 11) is 0. The van der Waals surface area contributed by atoms with Gasteiger partial charge >= 0.3 is 0 Å². The Morgan fingerprint density at radius 3 is 2.61 bits per heavy atom. The van der Waals surface area contributed by atoms with E-state index in [1.807, 2.05) is 0 Å². The Hall–Kier alpha value is -0.860. The second kappa shape index (κ2) is 5.41. The molecule has 2 aliphatic carbocycles. The van der Waals surface area contributed by atoms with Gasteiger partial charge in [-0.1, -0.05) is 36.8 Å². The fourth-order valence-corrected chi connectivity index (χ4v) is 3.53. The molecule has 0 radical (unpaired) electrons. The molecule has 0 aromatic heterocycles. The summed E-state index contributed by atoms with van der Waals surface area (Å²) in [6, 6.07) is 12.1. The van der Waals surface area contributed by atoms with E-state index in [4.69, 9.17) is 0 Å². The molecule has 18 heavy (non-hydrogen) atoms. The summed E-state index contributed by atoms with van der Waals surface area (Å²) in [6.07, 6.45) is 6.25. The summed E-state index contributed by atoms with van der Waals surface area (Å²) < 4.78 is 0. The number of aliphatic hydroxyl groups excluding tert-OH is 1. The van der Waals surface area contributed by atoms with Gasteiger partial charge in [-0.05, 0) is 43.1 Å². The zero-order valence-electron chi connectivity index (χ0n) is 10.9. The number of benzene rings is 1. The maximum atomic E-state index is 9.33. The van der Waals surface area contributed by atoms with Gasteiger partial charge in [-0.15, -0.1) is 0 Å². The second-order valence-corrected chi connectivity index (χ2v) is 5.92. The van der Waals surface area contributed by atoms with Crippen LogP contribution in [-0.2, 0) is 0 Å². The highest BCUT2D eigenvalue weighted by molar-refractivity contribution is 5.22. The van der Waals surface area contributed by atoms with Crippen LogP contribution in [0.1, 0.15) is 43.6 Å². The third-order valence-corrected chi connectivity index (χ3v) is 4.75. The molecule has 3 rings (SSSR count). The lowest BCUT2D eigenvalue weighted by atomic mass is 9.75. The van der Waals surface area contributed by atoms with Gasteiger partial charge in [0.15, 0.2) is 0 Å². The zero-order valence-corrected chi connectivity index (χ0v) is 10.9. The van der Waals surface area contributed by atoms with Gasteiger partial charge in [0.2, 0.25) is 0 Å². The highest BCUT2D eigenvalue weighted by atomic mass is 16.3. The molecule has 1 aromatic rings. The largest absolute Gasteiger partial charge is 0.396 e. The average molecular weight is 245 g/mol. The number of rotatable bonds is 4. The molecule has 0 bridgehead atoms. The number of hydrogen-bond donors (Lipinski definition) is 2. The smallest absolute Gasteiger partial charge is 0.0474 e. The molecule has 0 amide bonds. The van der Waals surface area contributed by atoms with Crippen molar-refractivity contribution in [2.45, 2.75) is 50.1 Å². The number of aliphatic hydroxyl groups is 1. The first kappa shape index (κ1) is 12.2. The van der Waals surface area contributed by atoms with Gasteiger partial charge < -0.3 is 10.4 Å². The van der Waals surface area contributed by atoms with Crippen molar-refractivity contribution < 1.29 is 5.11 Å². The summed E-state index contributed by atoms with van der Waals surface area (Å²) in [6.45, 7) is 0.354. The molecule has 2 aliphatic rings. The number of hydrogen-bond acceptors (Lipinski definition) is 2. The van der Waals surface area contributed by atoms with Gasteiger partial charge in [-0.25, -0.2) is 0 Å². The normalized spacial score (nSPS) is 35.4. The fraction of sp³-hybridized carbons (Fsp3) is 0.625. The van der Waals surface area contributed by atoms with E-state index in [1.54, 1.807) is 0 Å². The van der Waals surface area contributed by atoms with Crippen molar-refractivity contribution in [2.75, 3.05) is 6.61 Å². The summed E-state index contributed by atoms with van der Waals surface area (Å²) in [5.41, 5.74) is 1.49. The Balaban J connectivity index is 1.48. The molecule has 2 heteroatoms. The summed E-state index contributed by atoms with van der Waals surface area (Å²) in [5.74, 6) is 1.25. The highest BCUT2D eigenvalue weighted by Gasteiger charge is 2.34. The van der Waals surface area contributed by atoms with Gasteiger partial charge in [0.05, 0.1) is 0 Å².